The van der Waals surface area contributed by atoms with Gasteiger partial charge < -0.3 is 65.2 Å². The highest BCUT2D eigenvalue weighted by molar-refractivity contribution is 7.54. The van der Waals surface area contributed by atoms with Crippen molar-refractivity contribution in [2.75, 3.05) is 93.9 Å². The van der Waals surface area contributed by atoms with Crippen molar-refractivity contribution in [3.05, 3.63) is 12.2 Å². The molecule has 30 heteroatoms. The van der Waals surface area contributed by atoms with E-state index in [1.165, 1.54) is 87.7 Å². The van der Waals surface area contributed by atoms with Crippen molar-refractivity contribution in [2.45, 2.75) is 229 Å². The minimum Gasteiger partial charge on any atom is -0.390 e. The van der Waals surface area contributed by atoms with Crippen molar-refractivity contribution in [3.8, 4) is 0 Å². The topological polar surface area (TPSA) is 320 Å². The molecule has 27 nitrogen and oxygen atoms in total. The number of hydrogen-bond donors (Lipinski definition) is 6. The third-order valence-electron chi connectivity index (χ3n) is 18.0. The van der Waals surface area contributed by atoms with E-state index in [-0.39, 0.29) is 55.8 Å². The van der Waals surface area contributed by atoms with Gasteiger partial charge in [-0.15, -0.1) is 23.2 Å². The van der Waals surface area contributed by atoms with Gasteiger partial charge in [0.05, 0.1) is 19.3 Å². The number of carbonyl (C=O) groups is 11. The molecule has 0 radical (unpaired) electrons. The standard InChI is InChI=1S/C62H111N11O12.C7H15Cl2N2O2P/c1-25-27-28-40(15)52(75)51-56(79)65-43(26-2)58(81)67(18)33-48(74)68(19)44(29-34(3)4)55(78)66-49(38(11)12)61(84)69(20)45(30-35(5)6)54(77)63-41(16)53(76)64-42(17)57(80)70(21)46(31-36(7)8)59(82)71(22)47(32-37(9)10)60(83)72(23)50(39(13)14)62(85)73(51)24;8-2-5-11(6-3-9)14(12)10-4-1-7-13-14/h25,27,34-47,49-52,75H,26,28-33H2,1-24H3,(H,63,77)(H,64,76)(H,65,79)(H,66,78);1-7H2,(H,10,12)/b27-25+;/t40-,41+,42-,43+,44+,45+,46+,47+,49+,50+,51+,52-;/m1./s1. The van der Waals surface area contributed by atoms with Crippen molar-refractivity contribution in [2.24, 2.45) is 41.4 Å². The summed E-state index contributed by atoms with van der Waals surface area (Å²) in [6.07, 6.45) is 3.93. The molecule has 570 valence electrons. The van der Waals surface area contributed by atoms with Gasteiger partial charge in [-0.2, -0.15) is 0 Å². The second-order valence-electron chi connectivity index (χ2n) is 29.0. The van der Waals surface area contributed by atoms with Gasteiger partial charge in [0.15, 0.2) is 0 Å². The number of nitrogens with zero attached hydrogens (tertiary/aromatic N) is 8. The van der Waals surface area contributed by atoms with Crippen LogP contribution in [0.5, 0.6) is 0 Å². The summed E-state index contributed by atoms with van der Waals surface area (Å²) >= 11 is 11.2. The van der Waals surface area contributed by atoms with Crippen molar-refractivity contribution in [1.82, 2.24) is 65.3 Å². The molecule has 6 N–H and O–H groups in total. The highest BCUT2D eigenvalue weighted by atomic mass is 35.5. The van der Waals surface area contributed by atoms with Crippen molar-refractivity contribution in [3.63, 3.8) is 0 Å². The van der Waals surface area contributed by atoms with Gasteiger partial charge >= 0.3 is 7.67 Å². The lowest BCUT2D eigenvalue weighted by atomic mass is 9.91. The molecule has 2 rings (SSSR count). The molecule has 13 atom stereocenters. The van der Waals surface area contributed by atoms with Crippen LogP contribution in [0.15, 0.2) is 12.2 Å². The first-order chi connectivity index (χ1) is 45.9. The summed E-state index contributed by atoms with van der Waals surface area (Å²) in [5, 5.41) is 26.0. The summed E-state index contributed by atoms with van der Waals surface area (Å²) in [4.78, 5) is 169. The second-order valence-corrected chi connectivity index (χ2v) is 32.0. The summed E-state index contributed by atoms with van der Waals surface area (Å²) < 4.78 is 19.2. The molecule has 11 amide bonds. The fourth-order valence-corrected chi connectivity index (χ4v) is 14.6. The number of halogens is 2. The molecule has 2 fully saturated rings. The Labute approximate surface area is 601 Å². The van der Waals surface area contributed by atoms with Crippen LogP contribution in [0.25, 0.3) is 0 Å². The van der Waals surface area contributed by atoms with Crippen molar-refractivity contribution >= 4 is 95.9 Å². The Morgan fingerprint density at radius 2 is 0.990 bits per heavy atom. The molecule has 0 aliphatic carbocycles. The zero-order chi connectivity index (χ0) is 76.4. The zero-order valence-corrected chi connectivity index (χ0v) is 66.4. The lowest BCUT2D eigenvalue weighted by Gasteiger charge is -2.41. The molecule has 2 saturated heterocycles. The summed E-state index contributed by atoms with van der Waals surface area (Å²) in [5.41, 5.74) is 0. The maximum atomic E-state index is 15.1. The van der Waals surface area contributed by atoms with E-state index in [0.717, 1.165) is 22.8 Å². The average Bonchev–Trinajstić information content (AvgIpc) is 0.807. The molecule has 1 unspecified atom stereocenters. The quantitative estimate of drug-likeness (QED) is 0.0521. The predicted octanol–water partition coefficient (Wildman–Crippen LogP) is 5.15. The van der Waals surface area contributed by atoms with Crippen LogP contribution in [0, 0.1) is 41.4 Å². The third-order valence-corrected chi connectivity index (χ3v) is 20.7. The Kier molecular flexibility index (Phi) is 40.2. The van der Waals surface area contributed by atoms with Crippen LogP contribution in [-0.4, -0.2) is 269 Å². The van der Waals surface area contributed by atoms with E-state index < -0.39 is 163 Å². The Balaban J connectivity index is 0.00000309. The number of aliphatic hydroxyl groups excluding tert-OH is 1. The lowest BCUT2D eigenvalue weighted by molar-refractivity contribution is -0.157. The first kappa shape index (κ1) is 91.6. The molecule has 0 aromatic rings. The molecule has 0 bridgehead atoms. The van der Waals surface area contributed by atoms with Gasteiger partial charge in [-0.05, 0) is 107 Å². The van der Waals surface area contributed by atoms with Crippen LogP contribution in [-0.2, 0) is 61.8 Å². The Bertz CT molecular complexity index is 2730. The Morgan fingerprint density at radius 3 is 1.43 bits per heavy atom. The molecule has 2 aliphatic heterocycles. The van der Waals surface area contributed by atoms with Crippen LogP contribution >= 0.6 is 30.9 Å². The molecule has 0 spiro atoms. The zero-order valence-electron chi connectivity index (χ0n) is 64.0. The van der Waals surface area contributed by atoms with Gasteiger partial charge in [0.2, 0.25) is 65.0 Å². The van der Waals surface area contributed by atoms with Crippen LogP contribution in [0.4, 0.5) is 0 Å². The number of rotatable bonds is 20. The van der Waals surface area contributed by atoms with E-state index in [9.17, 15) is 52.8 Å². The largest absolute Gasteiger partial charge is 0.390 e. The van der Waals surface area contributed by atoms with Crippen molar-refractivity contribution < 1.29 is 66.9 Å². The Morgan fingerprint density at radius 1 is 0.545 bits per heavy atom. The molecule has 0 aromatic carbocycles. The first-order valence-electron chi connectivity index (χ1n) is 35.2. The van der Waals surface area contributed by atoms with Crippen LogP contribution in [0.3, 0.4) is 0 Å². The SMILES string of the molecule is C/C=C/C[C@@H](C)[C@@H](O)[C@H]1C(=O)N[C@@H](CC)C(=O)N(C)CC(=O)N(C)[C@@H](CC(C)C)C(=O)N[C@@H](C(C)C)C(=O)N(C)[C@@H](CC(C)C)C(=O)N[C@@H](C)C(=O)N[C@H](C)C(=O)N(C)[C@@H](CC(C)C)C(=O)N(C)[C@@H](CC(C)C)C(=O)N(C)[C@@H](C(C)C)C(=O)N1C.O=P1(N(CCCl)CCCl)NCCCO1. The number of likely N-dealkylation sites (N-methyl/N-ethyl adjacent to an activating group) is 7. The molecule has 0 saturated carbocycles. The van der Waals surface area contributed by atoms with Crippen LogP contribution in [0.1, 0.15) is 163 Å². The smallest absolute Gasteiger partial charge is 0.343 e. The number of amides is 11. The first-order valence-corrected chi connectivity index (χ1v) is 37.8. The van der Waals surface area contributed by atoms with Gasteiger partial charge in [-0.3, -0.25) is 57.3 Å². The van der Waals surface area contributed by atoms with Gasteiger partial charge in [0.25, 0.3) is 0 Å². The monoisotopic (exact) mass is 1460 g/mol. The number of alkyl halides is 2. The summed E-state index contributed by atoms with van der Waals surface area (Å²) in [6, 6.07) is -12.3. The molecule has 99 heavy (non-hydrogen) atoms. The maximum Gasteiger partial charge on any atom is 0.343 e. The van der Waals surface area contributed by atoms with E-state index >= 15 is 9.59 Å². The summed E-state index contributed by atoms with van der Waals surface area (Å²) in [6.45, 7) is 31.6. The number of aliphatic hydroxyl groups is 1. The fourth-order valence-electron chi connectivity index (χ4n) is 12.0. The van der Waals surface area contributed by atoms with Crippen LogP contribution < -0.4 is 26.4 Å². The van der Waals surface area contributed by atoms with E-state index in [1.54, 1.807) is 59.2 Å². The molecular weight excluding hydrogens is 1340 g/mol. The van der Waals surface area contributed by atoms with Gasteiger partial charge in [0.1, 0.15) is 60.4 Å². The minimum absolute atomic E-state index is 0.0229. The van der Waals surface area contributed by atoms with E-state index in [4.69, 9.17) is 27.7 Å². The van der Waals surface area contributed by atoms with Crippen molar-refractivity contribution in [1.29, 1.82) is 0 Å². The molecular formula is C69H126Cl2N13O14P. The highest BCUT2D eigenvalue weighted by Crippen LogP contribution is 2.48. The number of allylic oxidation sites excluding steroid dienone is 2. The summed E-state index contributed by atoms with van der Waals surface area (Å²) in [5.74, 6) is -8.86. The van der Waals surface area contributed by atoms with E-state index in [0.29, 0.717) is 37.9 Å². The van der Waals surface area contributed by atoms with E-state index in [1.807, 2.05) is 61.5 Å². The van der Waals surface area contributed by atoms with E-state index in [2.05, 4.69) is 26.4 Å². The summed E-state index contributed by atoms with van der Waals surface area (Å²) in [7, 11) is 7.07. The molecule has 2 aliphatic rings. The predicted molar refractivity (Wildman–Crippen MR) is 388 cm³/mol. The number of nitrogens with one attached hydrogen (secondary N) is 5. The maximum absolute atomic E-state index is 15.1. The fraction of sp³-hybridized carbons (Fsp3) is 0.812. The highest BCUT2D eigenvalue weighted by Gasteiger charge is 2.46. The minimum atomic E-state index is -2.84. The average molecular weight is 1460 g/mol. The second kappa shape index (κ2) is 43.5. The van der Waals surface area contributed by atoms with Gasteiger partial charge in [0, 0.05) is 80.7 Å². The normalized spacial score (nSPS) is 27.1. The third kappa shape index (κ3) is 27.4. The molecule has 2 heterocycles. The van der Waals surface area contributed by atoms with Crippen LogP contribution in [0.2, 0.25) is 0 Å². The number of carbonyl (C=O) groups excluding carboxylic acids is 11. The Hall–Kier alpha value is -5.44. The van der Waals surface area contributed by atoms with Gasteiger partial charge in [-0.1, -0.05) is 109 Å². The van der Waals surface area contributed by atoms with Gasteiger partial charge in [-0.25, -0.2) is 9.76 Å². The number of hydrogen-bond acceptors (Lipinski definition) is 14. The lowest BCUT2D eigenvalue weighted by Crippen LogP contribution is -2.63. The molecule has 0 aromatic heterocycles.